The number of fused-ring (bicyclic) bond motifs is 1. The summed E-state index contributed by atoms with van der Waals surface area (Å²) >= 11 is 0. The first-order chi connectivity index (χ1) is 13.4. The van der Waals surface area contributed by atoms with Crippen molar-refractivity contribution in [2.45, 2.75) is 13.8 Å². The molecule has 1 N–H and O–H groups in total. The van der Waals surface area contributed by atoms with Crippen molar-refractivity contribution in [3.05, 3.63) is 77.0 Å². The molecule has 3 amide bonds. The monoisotopic (exact) mass is 374 g/mol. The lowest BCUT2D eigenvalue weighted by Crippen LogP contribution is -2.37. The fourth-order valence-corrected chi connectivity index (χ4v) is 3.27. The number of anilines is 1. The number of benzene rings is 2. The van der Waals surface area contributed by atoms with Gasteiger partial charge in [-0.1, -0.05) is 18.2 Å². The molecule has 3 aromatic rings. The molecule has 1 aliphatic rings. The molecule has 140 valence electrons. The van der Waals surface area contributed by atoms with E-state index in [1.807, 2.05) is 44.2 Å². The van der Waals surface area contributed by atoms with E-state index in [-0.39, 0.29) is 6.54 Å². The summed E-state index contributed by atoms with van der Waals surface area (Å²) in [7, 11) is 0. The largest absolute Gasteiger partial charge is 0.461 e. The molecule has 0 spiro atoms. The number of aryl methyl sites for hydroxylation is 2. The predicted octanol–water partition coefficient (Wildman–Crippen LogP) is 3.80. The van der Waals surface area contributed by atoms with Gasteiger partial charge in [0, 0.05) is 5.56 Å². The summed E-state index contributed by atoms with van der Waals surface area (Å²) in [5, 5.41) is 2.81. The molecule has 0 bridgehead atoms. The number of hydrogen-bond acceptors (Lipinski definition) is 4. The van der Waals surface area contributed by atoms with E-state index in [9.17, 15) is 14.4 Å². The van der Waals surface area contributed by atoms with Gasteiger partial charge in [-0.15, -0.1) is 0 Å². The lowest BCUT2D eigenvalue weighted by atomic mass is 10.1. The number of carbonyl (C=O) groups is 3. The van der Waals surface area contributed by atoms with Gasteiger partial charge in [0.15, 0.2) is 0 Å². The van der Waals surface area contributed by atoms with E-state index >= 15 is 0 Å². The molecule has 1 aromatic heterocycles. The number of amides is 3. The highest BCUT2D eigenvalue weighted by atomic mass is 16.3. The van der Waals surface area contributed by atoms with Crippen molar-refractivity contribution in [1.82, 2.24) is 4.90 Å². The second kappa shape index (κ2) is 6.81. The van der Waals surface area contributed by atoms with Crippen molar-refractivity contribution in [3.63, 3.8) is 0 Å². The first-order valence-electron chi connectivity index (χ1n) is 8.86. The maximum atomic E-state index is 12.6. The highest BCUT2D eigenvalue weighted by molar-refractivity contribution is 6.22. The average Bonchev–Trinajstić information content (AvgIpc) is 3.20. The lowest BCUT2D eigenvalue weighted by molar-refractivity contribution is -0.116. The molecule has 2 heterocycles. The van der Waals surface area contributed by atoms with E-state index in [2.05, 4.69) is 5.32 Å². The molecule has 4 rings (SSSR count). The molecule has 0 saturated heterocycles. The van der Waals surface area contributed by atoms with Gasteiger partial charge in [-0.3, -0.25) is 19.3 Å². The van der Waals surface area contributed by atoms with Crippen molar-refractivity contribution >= 4 is 23.4 Å². The summed E-state index contributed by atoms with van der Waals surface area (Å²) in [6.45, 7) is 3.41. The minimum Gasteiger partial charge on any atom is -0.461 e. The molecule has 0 fully saturated rings. The summed E-state index contributed by atoms with van der Waals surface area (Å²) in [5.41, 5.74) is 2.90. The maximum Gasteiger partial charge on any atom is 0.262 e. The van der Waals surface area contributed by atoms with Gasteiger partial charge in [-0.05, 0) is 55.8 Å². The topological polar surface area (TPSA) is 79.6 Å². The third-order valence-corrected chi connectivity index (χ3v) is 4.63. The van der Waals surface area contributed by atoms with Gasteiger partial charge in [0.2, 0.25) is 5.91 Å². The number of imide groups is 1. The number of nitrogens with one attached hydrogen (secondary N) is 1. The van der Waals surface area contributed by atoms with E-state index in [0.29, 0.717) is 22.6 Å². The summed E-state index contributed by atoms with van der Waals surface area (Å²) < 4.78 is 5.67. The predicted molar refractivity (Wildman–Crippen MR) is 104 cm³/mol. The van der Waals surface area contributed by atoms with Crippen molar-refractivity contribution in [2.24, 2.45) is 0 Å². The molecular formula is C22H18N2O4. The van der Waals surface area contributed by atoms with Crippen LogP contribution in [0.5, 0.6) is 0 Å². The number of nitrogens with zero attached hydrogens (tertiary/aromatic N) is 1. The Kier molecular flexibility index (Phi) is 4.31. The van der Waals surface area contributed by atoms with Gasteiger partial charge in [0.05, 0.1) is 16.8 Å². The van der Waals surface area contributed by atoms with Crippen LogP contribution in [0.3, 0.4) is 0 Å². The third-order valence-electron chi connectivity index (χ3n) is 4.63. The zero-order chi connectivity index (χ0) is 19.8. The molecule has 0 saturated carbocycles. The molecule has 6 nitrogen and oxygen atoms in total. The Morgan fingerprint density at radius 3 is 2.21 bits per heavy atom. The molecule has 0 unspecified atom stereocenters. The van der Waals surface area contributed by atoms with Crippen LogP contribution in [0.15, 0.2) is 59.0 Å². The van der Waals surface area contributed by atoms with Crippen LogP contribution in [0.4, 0.5) is 5.69 Å². The van der Waals surface area contributed by atoms with Gasteiger partial charge in [0.1, 0.15) is 18.1 Å². The minimum absolute atomic E-state index is 0.322. The van der Waals surface area contributed by atoms with Crippen molar-refractivity contribution < 1.29 is 18.8 Å². The number of furan rings is 1. The van der Waals surface area contributed by atoms with Crippen molar-refractivity contribution in [2.75, 3.05) is 11.9 Å². The molecule has 1 aliphatic heterocycles. The fourth-order valence-electron chi connectivity index (χ4n) is 3.27. The maximum absolute atomic E-state index is 12.6. The Hall–Kier alpha value is -3.67. The zero-order valence-corrected chi connectivity index (χ0v) is 15.5. The van der Waals surface area contributed by atoms with Crippen molar-refractivity contribution in [3.8, 4) is 11.3 Å². The van der Waals surface area contributed by atoms with Crippen LogP contribution in [0.1, 0.15) is 32.0 Å². The standard InChI is InChI=1S/C22H18N2O4/c1-13-7-9-17(19-10-8-14(2)28-19)18(11-13)23-20(25)12-24-21(26)15-5-3-4-6-16(15)22(24)27/h3-11H,12H2,1-2H3,(H,23,25). The molecule has 28 heavy (non-hydrogen) atoms. The van der Waals surface area contributed by atoms with Crippen LogP contribution in [-0.2, 0) is 4.79 Å². The first-order valence-corrected chi connectivity index (χ1v) is 8.86. The minimum atomic E-state index is -0.457. The Labute approximate surface area is 161 Å². The van der Waals surface area contributed by atoms with Crippen LogP contribution in [0, 0.1) is 13.8 Å². The fraction of sp³-hybridized carbons (Fsp3) is 0.136. The molecular weight excluding hydrogens is 356 g/mol. The molecule has 2 aromatic carbocycles. The molecule has 6 heteroatoms. The van der Waals surface area contributed by atoms with Gasteiger partial charge in [-0.2, -0.15) is 0 Å². The second-order valence-electron chi connectivity index (χ2n) is 6.75. The van der Waals surface area contributed by atoms with Crippen LogP contribution >= 0.6 is 0 Å². The van der Waals surface area contributed by atoms with Crippen LogP contribution in [0.2, 0.25) is 0 Å². The summed E-state index contributed by atoms with van der Waals surface area (Å²) in [5.74, 6) is 0.0285. The van der Waals surface area contributed by atoms with Gasteiger partial charge in [-0.25, -0.2) is 0 Å². The summed E-state index contributed by atoms with van der Waals surface area (Å²) in [6, 6.07) is 15.9. The van der Waals surface area contributed by atoms with Crippen LogP contribution < -0.4 is 5.32 Å². The zero-order valence-electron chi connectivity index (χ0n) is 15.5. The highest BCUT2D eigenvalue weighted by Crippen LogP contribution is 2.30. The smallest absolute Gasteiger partial charge is 0.262 e. The van der Waals surface area contributed by atoms with E-state index < -0.39 is 17.7 Å². The third kappa shape index (κ3) is 3.09. The Morgan fingerprint density at radius 2 is 1.61 bits per heavy atom. The lowest BCUT2D eigenvalue weighted by Gasteiger charge is -2.15. The Bertz CT molecular complexity index is 1080. The van der Waals surface area contributed by atoms with E-state index in [4.69, 9.17) is 4.42 Å². The first kappa shape index (κ1) is 17.7. The quantitative estimate of drug-likeness (QED) is 0.705. The van der Waals surface area contributed by atoms with E-state index in [1.54, 1.807) is 24.3 Å². The Balaban J connectivity index is 1.56. The SMILES string of the molecule is Cc1ccc(-c2ccc(C)o2)c(NC(=O)CN2C(=O)c3ccccc3C2=O)c1. The number of carbonyl (C=O) groups excluding carboxylic acids is 3. The summed E-state index contributed by atoms with van der Waals surface area (Å²) in [6.07, 6.45) is 0. The van der Waals surface area contributed by atoms with Crippen molar-refractivity contribution in [1.29, 1.82) is 0 Å². The highest BCUT2D eigenvalue weighted by Gasteiger charge is 2.36. The van der Waals surface area contributed by atoms with Crippen LogP contribution in [0.25, 0.3) is 11.3 Å². The molecule has 0 radical (unpaired) electrons. The number of rotatable bonds is 4. The second-order valence-corrected chi connectivity index (χ2v) is 6.75. The van der Waals surface area contributed by atoms with Gasteiger partial charge in [0.25, 0.3) is 11.8 Å². The average molecular weight is 374 g/mol. The van der Waals surface area contributed by atoms with E-state index in [1.165, 1.54) is 0 Å². The van der Waals surface area contributed by atoms with Gasteiger partial charge < -0.3 is 9.73 Å². The van der Waals surface area contributed by atoms with Crippen LogP contribution in [-0.4, -0.2) is 29.2 Å². The van der Waals surface area contributed by atoms with E-state index in [0.717, 1.165) is 21.8 Å². The number of hydrogen-bond donors (Lipinski definition) is 1. The van der Waals surface area contributed by atoms with Gasteiger partial charge >= 0.3 is 0 Å². The molecule has 0 atom stereocenters. The molecule has 0 aliphatic carbocycles. The summed E-state index contributed by atoms with van der Waals surface area (Å²) in [4.78, 5) is 38.5. The Morgan fingerprint density at radius 1 is 0.929 bits per heavy atom. The normalized spacial score (nSPS) is 13.0.